The minimum Gasteiger partial charge on any atom is -0.387 e. The summed E-state index contributed by atoms with van der Waals surface area (Å²) in [6.07, 6.45) is 5.05. The zero-order valence-corrected chi connectivity index (χ0v) is 17.1. The highest BCUT2D eigenvalue weighted by Crippen LogP contribution is 2.49. The molecule has 8 heteroatoms. The summed E-state index contributed by atoms with van der Waals surface area (Å²) in [5, 5.41) is 12.5. The lowest BCUT2D eigenvalue weighted by Gasteiger charge is -2.28. The van der Waals surface area contributed by atoms with E-state index in [1.54, 1.807) is 18.5 Å². The zero-order valence-electron chi connectivity index (χ0n) is 17.1. The van der Waals surface area contributed by atoms with Gasteiger partial charge in [-0.15, -0.1) is 0 Å². The molecular weight excluding hydrogens is 390 g/mol. The van der Waals surface area contributed by atoms with E-state index in [0.29, 0.717) is 18.7 Å². The van der Waals surface area contributed by atoms with Crippen molar-refractivity contribution < 1.29 is 18.7 Å². The molecule has 0 saturated heterocycles. The number of amides is 1. The summed E-state index contributed by atoms with van der Waals surface area (Å²) in [4.78, 5) is 22.6. The third kappa shape index (κ3) is 3.79. The third-order valence-corrected chi connectivity index (χ3v) is 5.66. The van der Waals surface area contributed by atoms with E-state index in [1.807, 2.05) is 37.9 Å². The number of nitrogens with zero attached hydrogens (tertiary/aromatic N) is 3. The van der Waals surface area contributed by atoms with Gasteiger partial charge in [-0.2, -0.15) is 0 Å². The summed E-state index contributed by atoms with van der Waals surface area (Å²) >= 11 is 0. The van der Waals surface area contributed by atoms with Gasteiger partial charge in [-0.3, -0.25) is 9.78 Å². The van der Waals surface area contributed by atoms with E-state index in [0.717, 1.165) is 28.0 Å². The molecule has 2 unspecified atom stereocenters. The molecule has 2 N–H and O–H groups in total. The standard InChI is InChI=1S/C22H24F2N4O2/c1-4-19(29)17-5-12(2)15(10-25-17)14-6-13-9-26-20(7-18(13)28(3)11-14)27-21(30)16-8-22(16,23)24/h5-7,9-10,16,19,29H,4,8,11H2,1-3H3,(H,26,27,30). The van der Waals surface area contributed by atoms with Crippen molar-refractivity contribution in [2.75, 3.05) is 23.8 Å². The first kappa shape index (κ1) is 20.4. The van der Waals surface area contributed by atoms with Gasteiger partial charge in [0.1, 0.15) is 11.7 Å². The fourth-order valence-corrected chi connectivity index (χ4v) is 3.72. The molecular formula is C22H24F2N4O2. The number of carbonyl (C=O) groups excluding carboxylic acids is 1. The number of rotatable bonds is 5. The van der Waals surface area contributed by atoms with E-state index < -0.39 is 30.3 Å². The molecule has 6 nitrogen and oxygen atoms in total. The number of hydrogen-bond donors (Lipinski definition) is 2. The van der Waals surface area contributed by atoms with Gasteiger partial charge in [0.25, 0.3) is 5.92 Å². The summed E-state index contributed by atoms with van der Waals surface area (Å²) in [6.45, 7) is 4.51. The van der Waals surface area contributed by atoms with Gasteiger partial charge in [-0.1, -0.05) is 6.92 Å². The molecule has 2 aromatic heterocycles. The molecule has 4 rings (SSSR count). The average Bonchev–Trinajstić information content (AvgIpc) is 3.36. The van der Waals surface area contributed by atoms with Crippen molar-refractivity contribution in [2.24, 2.45) is 5.92 Å². The Morgan fingerprint density at radius 3 is 2.73 bits per heavy atom. The van der Waals surface area contributed by atoms with Gasteiger partial charge >= 0.3 is 0 Å². The fraction of sp³-hybridized carbons (Fsp3) is 0.409. The highest BCUT2D eigenvalue weighted by molar-refractivity contribution is 5.96. The first-order valence-electron chi connectivity index (χ1n) is 9.95. The quantitative estimate of drug-likeness (QED) is 0.778. The van der Waals surface area contributed by atoms with E-state index in [9.17, 15) is 18.7 Å². The first-order chi connectivity index (χ1) is 14.2. The van der Waals surface area contributed by atoms with Crippen LogP contribution in [0.4, 0.5) is 20.3 Å². The summed E-state index contributed by atoms with van der Waals surface area (Å²) in [5.41, 5.74) is 5.46. The number of alkyl halides is 2. The van der Waals surface area contributed by atoms with E-state index in [1.165, 1.54) is 0 Å². The first-order valence-corrected chi connectivity index (χ1v) is 9.95. The van der Waals surface area contributed by atoms with Crippen LogP contribution < -0.4 is 10.2 Å². The summed E-state index contributed by atoms with van der Waals surface area (Å²) in [5.74, 6) is -4.59. The van der Waals surface area contributed by atoms with Crippen molar-refractivity contribution in [3.63, 3.8) is 0 Å². The Balaban J connectivity index is 1.58. The maximum Gasteiger partial charge on any atom is 0.260 e. The van der Waals surface area contributed by atoms with Crippen LogP contribution >= 0.6 is 0 Å². The van der Waals surface area contributed by atoms with Gasteiger partial charge in [0.05, 0.1) is 11.8 Å². The highest BCUT2D eigenvalue weighted by atomic mass is 19.3. The Morgan fingerprint density at radius 2 is 2.10 bits per heavy atom. The van der Waals surface area contributed by atoms with Gasteiger partial charge in [-0.25, -0.2) is 13.8 Å². The average molecular weight is 414 g/mol. The second-order valence-electron chi connectivity index (χ2n) is 8.01. The lowest BCUT2D eigenvalue weighted by molar-refractivity contribution is -0.119. The van der Waals surface area contributed by atoms with Gasteiger partial charge in [-0.05, 0) is 36.6 Å². The highest BCUT2D eigenvalue weighted by Gasteiger charge is 2.61. The van der Waals surface area contributed by atoms with Crippen LogP contribution in [0, 0.1) is 12.8 Å². The second-order valence-corrected chi connectivity index (χ2v) is 8.01. The molecule has 0 radical (unpaired) electrons. The molecule has 1 saturated carbocycles. The molecule has 1 aliphatic heterocycles. The summed E-state index contributed by atoms with van der Waals surface area (Å²) in [7, 11) is 1.92. The number of pyridine rings is 2. The molecule has 0 aromatic carbocycles. The van der Waals surface area contributed by atoms with Crippen molar-refractivity contribution in [1.29, 1.82) is 0 Å². The van der Waals surface area contributed by atoms with E-state index in [-0.39, 0.29) is 5.82 Å². The number of nitrogens with one attached hydrogen (secondary N) is 1. The normalized spacial score (nSPS) is 20.3. The molecule has 2 atom stereocenters. The predicted molar refractivity (Wildman–Crippen MR) is 111 cm³/mol. The summed E-state index contributed by atoms with van der Waals surface area (Å²) in [6, 6.07) is 3.61. The van der Waals surface area contributed by atoms with Crippen molar-refractivity contribution in [2.45, 2.75) is 38.7 Å². The molecule has 0 bridgehead atoms. The molecule has 3 heterocycles. The van der Waals surface area contributed by atoms with Crippen LogP contribution in [-0.2, 0) is 4.79 Å². The molecule has 1 amide bonds. The Hall–Kier alpha value is -2.87. The van der Waals surface area contributed by atoms with Crippen LogP contribution in [0.15, 0.2) is 24.5 Å². The lowest BCUT2D eigenvalue weighted by Crippen LogP contribution is -2.25. The van der Waals surface area contributed by atoms with Crippen molar-refractivity contribution in [3.05, 3.63) is 46.9 Å². The topological polar surface area (TPSA) is 78.4 Å². The van der Waals surface area contributed by atoms with Gasteiger partial charge in [0, 0.05) is 55.3 Å². The number of aliphatic hydroxyl groups excluding tert-OH is 1. The van der Waals surface area contributed by atoms with Gasteiger partial charge < -0.3 is 15.3 Å². The molecule has 1 aliphatic carbocycles. The van der Waals surface area contributed by atoms with Crippen LogP contribution in [-0.4, -0.2) is 40.5 Å². The molecule has 2 aromatic rings. The smallest absolute Gasteiger partial charge is 0.260 e. The Morgan fingerprint density at radius 1 is 1.37 bits per heavy atom. The SMILES string of the molecule is CCC(O)c1cc(C)c(C2=Cc3cnc(NC(=O)C4CC4(F)F)cc3N(C)C2)cn1. The number of aromatic nitrogens is 2. The third-order valence-electron chi connectivity index (χ3n) is 5.66. The number of halogens is 2. The van der Waals surface area contributed by atoms with Crippen LogP contribution in [0.1, 0.15) is 48.3 Å². The van der Waals surface area contributed by atoms with Crippen molar-refractivity contribution in [1.82, 2.24) is 9.97 Å². The number of likely N-dealkylation sites (N-methyl/N-ethyl adjacent to an activating group) is 1. The number of fused-ring (bicyclic) bond motifs is 1. The molecule has 0 spiro atoms. The zero-order chi connectivity index (χ0) is 21.6. The fourth-order valence-electron chi connectivity index (χ4n) is 3.72. The van der Waals surface area contributed by atoms with Crippen LogP contribution in [0.5, 0.6) is 0 Å². The molecule has 30 heavy (non-hydrogen) atoms. The van der Waals surface area contributed by atoms with E-state index >= 15 is 0 Å². The number of hydrogen-bond acceptors (Lipinski definition) is 5. The van der Waals surface area contributed by atoms with Crippen LogP contribution in [0.2, 0.25) is 0 Å². The minimum absolute atomic E-state index is 0.265. The van der Waals surface area contributed by atoms with Crippen molar-refractivity contribution in [3.8, 4) is 0 Å². The minimum atomic E-state index is -2.90. The molecule has 158 valence electrons. The monoisotopic (exact) mass is 414 g/mol. The van der Waals surface area contributed by atoms with Crippen LogP contribution in [0.3, 0.4) is 0 Å². The number of anilines is 2. The number of aliphatic hydroxyl groups is 1. The number of carbonyl (C=O) groups is 1. The Labute approximate surface area is 173 Å². The van der Waals surface area contributed by atoms with E-state index in [4.69, 9.17) is 0 Å². The molecule has 2 aliphatic rings. The van der Waals surface area contributed by atoms with E-state index in [2.05, 4.69) is 15.3 Å². The van der Waals surface area contributed by atoms with Gasteiger partial charge in [0.2, 0.25) is 5.91 Å². The Kier molecular flexibility index (Phi) is 5.05. The number of aryl methyl sites for hydroxylation is 1. The maximum absolute atomic E-state index is 13.1. The summed E-state index contributed by atoms with van der Waals surface area (Å²) < 4.78 is 26.2. The predicted octanol–water partition coefficient (Wildman–Crippen LogP) is 3.81. The second kappa shape index (κ2) is 7.43. The Bertz CT molecular complexity index is 1040. The molecule has 1 fully saturated rings. The van der Waals surface area contributed by atoms with Crippen LogP contribution in [0.25, 0.3) is 11.6 Å². The largest absolute Gasteiger partial charge is 0.387 e. The van der Waals surface area contributed by atoms with Crippen molar-refractivity contribution >= 4 is 29.1 Å². The maximum atomic E-state index is 13.1. The lowest BCUT2D eigenvalue weighted by atomic mass is 9.95. The van der Waals surface area contributed by atoms with Gasteiger partial charge in [0.15, 0.2) is 0 Å².